The van der Waals surface area contributed by atoms with E-state index in [1.807, 2.05) is 11.4 Å². The molecule has 0 fully saturated rings. The summed E-state index contributed by atoms with van der Waals surface area (Å²) in [5, 5.41) is 10.5. The van der Waals surface area contributed by atoms with E-state index in [4.69, 9.17) is 5.73 Å². The van der Waals surface area contributed by atoms with Gasteiger partial charge in [0.2, 0.25) is 0 Å². The number of nitrogens with zero attached hydrogens (tertiary/aromatic N) is 3. The molecule has 0 spiro atoms. The lowest BCUT2D eigenvalue weighted by Crippen LogP contribution is -2.13. The lowest BCUT2D eigenvalue weighted by molar-refractivity contribution is 0.709. The normalized spacial score (nSPS) is 12.6. The Bertz CT molecular complexity index is 373. The SMILES string of the molecule is NC(Cc1nccs1)c1ccnnc1. The number of hydrogen-bond donors (Lipinski definition) is 1. The Balaban J connectivity index is 2.07. The van der Waals surface area contributed by atoms with Crippen LogP contribution in [0.25, 0.3) is 0 Å². The predicted molar refractivity (Wildman–Crippen MR) is 54.8 cm³/mol. The monoisotopic (exact) mass is 206 g/mol. The third-order valence-electron chi connectivity index (χ3n) is 1.91. The van der Waals surface area contributed by atoms with Crippen LogP contribution in [0.5, 0.6) is 0 Å². The molecule has 2 aromatic rings. The Labute approximate surface area is 85.8 Å². The number of nitrogens with two attached hydrogens (primary N) is 1. The first-order valence-corrected chi connectivity index (χ1v) is 5.15. The minimum atomic E-state index is -0.0448. The summed E-state index contributed by atoms with van der Waals surface area (Å²) in [4.78, 5) is 4.18. The second-order valence-corrected chi connectivity index (χ2v) is 3.89. The molecule has 2 N–H and O–H groups in total. The number of thiazole rings is 1. The van der Waals surface area contributed by atoms with E-state index >= 15 is 0 Å². The summed E-state index contributed by atoms with van der Waals surface area (Å²) in [6, 6.07) is 1.84. The summed E-state index contributed by atoms with van der Waals surface area (Å²) in [6.07, 6.45) is 5.89. The highest BCUT2D eigenvalue weighted by atomic mass is 32.1. The van der Waals surface area contributed by atoms with Gasteiger partial charge in [0.15, 0.2) is 0 Å². The molecule has 1 atom stereocenters. The zero-order valence-corrected chi connectivity index (χ0v) is 8.31. The maximum absolute atomic E-state index is 5.99. The minimum absolute atomic E-state index is 0.0448. The fraction of sp³-hybridized carbons (Fsp3) is 0.222. The molecule has 0 radical (unpaired) electrons. The van der Waals surface area contributed by atoms with Crippen LogP contribution in [0, 0.1) is 0 Å². The fourth-order valence-corrected chi connectivity index (χ4v) is 1.86. The highest BCUT2D eigenvalue weighted by Crippen LogP contribution is 2.15. The van der Waals surface area contributed by atoms with Gasteiger partial charge in [-0.1, -0.05) is 0 Å². The van der Waals surface area contributed by atoms with Crippen molar-refractivity contribution in [3.05, 3.63) is 40.6 Å². The van der Waals surface area contributed by atoms with Gasteiger partial charge in [-0.3, -0.25) is 0 Å². The van der Waals surface area contributed by atoms with Crippen molar-refractivity contribution >= 4 is 11.3 Å². The summed E-state index contributed by atoms with van der Waals surface area (Å²) in [6.45, 7) is 0. The molecule has 0 saturated carbocycles. The van der Waals surface area contributed by atoms with Crippen molar-refractivity contribution in [2.45, 2.75) is 12.5 Å². The van der Waals surface area contributed by atoms with Gasteiger partial charge in [0.1, 0.15) is 0 Å². The molecule has 0 aliphatic rings. The molecule has 0 saturated heterocycles. The van der Waals surface area contributed by atoms with E-state index in [1.54, 1.807) is 29.9 Å². The van der Waals surface area contributed by atoms with E-state index in [0.717, 1.165) is 17.0 Å². The second kappa shape index (κ2) is 4.26. The second-order valence-electron chi connectivity index (χ2n) is 2.91. The molecule has 0 aromatic carbocycles. The molecule has 2 aromatic heterocycles. The first-order chi connectivity index (χ1) is 6.86. The summed E-state index contributed by atoms with van der Waals surface area (Å²) in [5.41, 5.74) is 6.98. The zero-order valence-electron chi connectivity index (χ0n) is 7.50. The van der Waals surface area contributed by atoms with Gasteiger partial charge in [-0.05, 0) is 11.6 Å². The van der Waals surface area contributed by atoms with Crippen LogP contribution in [0.4, 0.5) is 0 Å². The van der Waals surface area contributed by atoms with Crippen LogP contribution in [0.2, 0.25) is 0 Å². The van der Waals surface area contributed by atoms with Crippen LogP contribution < -0.4 is 5.73 Å². The zero-order chi connectivity index (χ0) is 9.80. The lowest BCUT2D eigenvalue weighted by atomic mass is 10.1. The summed E-state index contributed by atoms with van der Waals surface area (Å²) < 4.78 is 0. The minimum Gasteiger partial charge on any atom is -0.324 e. The summed E-state index contributed by atoms with van der Waals surface area (Å²) in [7, 11) is 0. The molecule has 0 aliphatic carbocycles. The average molecular weight is 206 g/mol. The Morgan fingerprint density at radius 1 is 1.36 bits per heavy atom. The standard InChI is InChI=1S/C9H10N4S/c10-8(5-9-11-3-4-14-9)7-1-2-12-13-6-7/h1-4,6,8H,5,10H2. The van der Waals surface area contributed by atoms with Gasteiger partial charge in [0, 0.05) is 30.2 Å². The van der Waals surface area contributed by atoms with Crippen molar-refractivity contribution in [3.8, 4) is 0 Å². The molecule has 5 heteroatoms. The lowest BCUT2D eigenvalue weighted by Gasteiger charge is -2.08. The molecule has 14 heavy (non-hydrogen) atoms. The first kappa shape index (κ1) is 9.23. The van der Waals surface area contributed by atoms with Crippen molar-refractivity contribution in [3.63, 3.8) is 0 Å². The molecular weight excluding hydrogens is 196 g/mol. The van der Waals surface area contributed by atoms with Gasteiger partial charge in [0.25, 0.3) is 0 Å². The van der Waals surface area contributed by atoms with Gasteiger partial charge < -0.3 is 5.73 Å². The molecule has 0 bridgehead atoms. The van der Waals surface area contributed by atoms with Crippen LogP contribution in [-0.2, 0) is 6.42 Å². The number of aromatic nitrogens is 3. The van der Waals surface area contributed by atoms with Crippen molar-refractivity contribution in [2.24, 2.45) is 5.73 Å². The van der Waals surface area contributed by atoms with Gasteiger partial charge in [-0.15, -0.1) is 11.3 Å². The van der Waals surface area contributed by atoms with Gasteiger partial charge in [-0.2, -0.15) is 10.2 Å². The number of hydrogen-bond acceptors (Lipinski definition) is 5. The Morgan fingerprint density at radius 3 is 2.93 bits per heavy atom. The molecule has 4 nitrogen and oxygen atoms in total. The van der Waals surface area contributed by atoms with Crippen LogP contribution in [-0.4, -0.2) is 15.2 Å². The van der Waals surface area contributed by atoms with E-state index in [-0.39, 0.29) is 6.04 Å². The molecule has 0 aliphatic heterocycles. The fourth-order valence-electron chi connectivity index (χ4n) is 1.18. The Morgan fingerprint density at radius 2 is 2.29 bits per heavy atom. The molecule has 72 valence electrons. The topological polar surface area (TPSA) is 64.7 Å². The quantitative estimate of drug-likeness (QED) is 0.818. The van der Waals surface area contributed by atoms with Crippen molar-refractivity contribution in [2.75, 3.05) is 0 Å². The third kappa shape index (κ3) is 2.12. The maximum atomic E-state index is 5.99. The van der Waals surface area contributed by atoms with E-state index in [0.29, 0.717) is 0 Å². The van der Waals surface area contributed by atoms with E-state index < -0.39 is 0 Å². The maximum Gasteiger partial charge on any atom is 0.0943 e. The van der Waals surface area contributed by atoms with Crippen LogP contribution in [0.15, 0.2) is 30.0 Å². The summed E-state index contributed by atoms with van der Waals surface area (Å²) in [5.74, 6) is 0. The van der Waals surface area contributed by atoms with Gasteiger partial charge >= 0.3 is 0 Å². The first-order valence-electron chi connectivity index (χ1n) is 4.27. The molecular formula is C9H10N4S. The van der Waals surface area contributed by atoms with Crippen LogP contribution in [0.1, 0.15) is 16.6 Å². The van der Waals surface area contributed by atoms with E-state index in [1.165, 1.54) is 0 Å². The summed E-state index contributed by atoms with van der Waals surface area (Å²) >= 11 is 1.62. The van der Waals surface area contributed by atoms with Crippen molar-refractivity contribution in [1.82, 2.24) is 15.2 Å². The van der Waals surface area contributed by atoms with Gasteiger partial charge in [-0.25, -0.2) is 4.98 Å². The number of rotatable bonds is 3. The van der Waals surface area contributed by atoms with Crippen molar-refractivity contribution in [1.29, 1.82) is 0 Å². The van der Waals surface area contributed by atoms with Crippen LogP contribution in [0.3, 0.4) is 0 Å². The van der Waals surface area contributed by atoms with E-state index in [2.05, 4.69) is 15.2 Å². The molecule has 0 amide bonds. The Hall–Kier alpha value is -1.33. The third-order valence-corrected chi connectivity index (χ3v) is 2.72. The van der Waals surface area contributed by atoms with Crippen molar-refractivity contribution < 1.29 is 0 Å². The largest absolute Gasteiger partial charge is 0.324 e. The molecule has 2 heterocycles. The van der Waals surface area contributed by atoms with Crippen LogP contribution >= 0.6 is 11.3 Å². The molecule has 1 unspecified atom stereocenters. The smallest absolute Gasteiger partial charge is 0.0943 e. The average Bonchev–Trinajstić information content (AvgIpc) is 2.72. The van der Waals surface area contributed by atoms with Gasteiger partial charge in [0.05, 0.1) is 11.2 Å². The Kier molecular flexibility index (Phi) is 2.81. The highest BCUT2D eigenvalue weighted by Gasteiger charge is 2.08. The highest BCUT2D eigenvalue weighted by molar-refractivity contribution is 7.09. The van der Waals surface area contributed by atoms with E-state index in [9.17, 15) is 0 Å². The molecule has 2 rings (SSSR count). The predicted octanol–water partition coefficient (Wildman–Crippen LogP) is 1.18.